The van der Waals surface area contributed by atoms with Gasteiger partial charge in [0, 0.05) is 23.5 Å². The number of hydrogen-bond donors (Lipinski definition) is 0. The summed E-state index contributed by atoms with van der Waals surface area (Å²) >= 11 is 3.26. The molecule has 0 aliphatic rings. The van der Waals surface area contributed by atoms with Crippen molar-refractivity contribution in [3.8, 4) is 0 Å². The first kappa shape index (κ1) is 19.9. The van der Waals surface area contributed by atoms with E-state index < -0.39 is 0 Å². The van der Waals surface area contributed by atoms with E-state index in [2.05, 4.69) is 29.4 Å². The van der Waals surface area contributed by atoms with Crippen molar-refractivity contribution in [3.05, 3.63) is 53.1 Å². The Labute approximate surface area is 169 Å². The molecule has 0 saturated heterocycles. The lowest BCUT2D eigenvalue weighted by atomic mass is 10.0. The van der Waals surface area contributed by atoms with E-state index in [9.17, 15) is 4.79 Å². The summed E-state index contributed by atoms with van der Waals surface area (Å²) < 4.78 is 1.11. The smallest absolute Gasteiger partial charge is 0.260 e. The molecule has 3 aromatic rings. The number of aryl methyl sites for hydroxylation is 2. The van der Waals surface area contributed by atoms with Crippen LogP contribution in [0.25, 0.3) is 10.2 Å². The number of rotatable bonds is 6. The lowest BCUT2D eigenvalue weighted by Gasteiger charge is -2.23. The number of aromatic nitrogens is 1. The van der Waals surface area contributed by atoms with Crippen LogP contribution >= 0.6 is 23.1 Å². The molecule has 3 rings (SSSR count). The van der Waals surface area contributed by atoms with Crippen molar-refractivity contribution in [2.75, 3.05) is 38.3 Å². The second kappa shape index (κ2) is 8.42. The quantitative estimate of drug-likeness (QED) is 0.556. The third kappa shape index (κ3) is 4.34. The molecule has 0 spiro atoms. The SMILES string of the molecule is CSc1cccc2sc(N(CCN(C)C)C(=O)c3ccc(C)cc3C)nc12. The van der Waals surface area contributed by atoms with Crippen LogP contribution in [0.3, 0.4) is 0 Å². The molecule has 27 heavy (non-hydrogen) atoms. The zero-order chi connectivity index (χ0) is 19.6. The minimum atomic E-state index is 0.0131. The first-order valence-electron chi connectivity index (χ1n) is 8.88. The highest BCUT2D eigenvalue weighted by molar-refractivity contribution is 7.98. The van der Waals surface area contributed by atoms with Gasteiger partial charge < -0.3 is 4.90 Å². The van der Waals surface area contributed by atoms with Crippen LogP contribution in [0.1, 0.15) is 21.5 Å². The Bertz CT molecular complexity index is 965. The molecule has 2 aromatic carbocycles. The highest BCUT2D eigenvalue weighted by Crippen LogP contribution is 2.34. The Balaban J connectivity index is 2.04. The van der Waals surface area contributed by atoms with Gasteiger partial charge in [0.05, 0.1) is 10.2 Å². The molecular formula is C21H25N3OS2. The Morgan fingerprint density at radius 2 is 1.93 bits per heavy atom. The molecule has 0 fully saturated rings. The number of carbonyl (C=O) groups excluding carboxylic acids is 1. The van der Waals surface area contributed by atoms with Gasteiger partial charge in [0.15, 0.2) is 5.13 Å². The van der Waals surface area contributed by atoms with Gasteiger partial charge in [-0.1, -0.05) is 35.1 Å². The maximum atomic E-state index is 13.4. The van der Waals surface area contributed by atoms with E-state index in [1.807, 2.05) is 51.0 Å². The molecule has 0 saturated carbocycles. The van der Waals surface area contributed by atoms with Crippen molar-refractivity contribution in [2.24, 2.45) is 0 Å². The molecule has 142 valence electrons. The van der Waals surface area contributed by atoms with E-state index in [1.54, 1.807) is 23.1 Å². The summed E-state index contributed by atoms with van der Waals surface area (Å²) in [5, 5.41) is 0.762. The van der Waals surface area contributed by atoms with Gasteiger partial charge in [-0.05, 0) is 58.0 Å². The third-order valence-corrected chi connectivity index (χ3v) is 6.26. The maximum absolute atomic E-state index is 13.4. The maximum Gasteiger partial charge on any atom is 0.260 e. The molecule has 0 N–H and O–H groups in total. The largest absolute Gasteiger partial charge is 0.308 e. The van der Waals surface area contributed by atoms with Gasteiger partial charge in [0.1, 0.15) is 0 Å². The van der Waals surface area contributed by atoms with Gasteiger partial charge in [-0.2, -0.15) is 0 Å². The molecule has 1 amide bonds. The third-order valence-electron chi connectivity index (χ3n) is 4.45. The van der Waals surface area contributed by atoms with Crippen molar-refractivity contribution >= 4 is 44.4 Å². The van der Waals surface area contributed by atoms with E-state index in [1.165, 1.54) is 0 Å². The van der Waals surface area contributed by atoms with Gasteiger partial charge in [0.2, 0.25) is 0 Å². The standard InChI is InChI=1S/C21H25N3OS2/c1-14-9-10-16(15(2)13-14)20(25)24(12-11-23(3)4)21-22-19-17(26-5)7-6-8-18(19)27-21/h6-10,13H,11-12H2,1-5H3. The fourth-order valence-electron chi connectivity index (χ4n) is 2.97. The molecule has 0 atom stereocenters. The predicted molar refractivity (Wildman–Crippen MR) is 118 cm³/mol. The van der Waals surface area contributed by atoms with Crippen LogP contribution in [-0.4, -0.2) is 49.2 Å². The van der Waals surface area contributed by atoms with Crippen LogP contribution < -0.4 is 4.90 Å². The lowest BCUT2D eigenvalue weighted by molar-refractivity contribution is 0.0984. The summed E-state index contributed by atoms with van der Waals surface area (Å²) in [5.41, 5.74) is 3.88. The number of carbonyl (C=O) groups is 1. The second-order valence-electron chi connectivity index (χ2n) is 6.88. The highest BCUT2D eigenvalue weighted by Gasteiger charge is 2.23. The highest BCUT2D eigenvalue weighted by atomic mass is 32.2. The Morgan fingerprint density at radius 1 is 1.15 bits per heavy atom. The summed E-state index contributed by atoms with van der Waals surface area (Å²) in [5.74, 6) is 0.0131. The molecule has 1 aromatic heterocycles. The Morgan fingerprint density at radius 3 is 2.59 bits per heavy atom. The molecule has 0 unspecified atom stereocenters. The van der Waals surface area contributed by atoms with Gasteiger partial charge >= 0.3 is 0 Å². The second-order valence-corrected chi connectivity index (χ2v) is 8.74. The minimum Gasteiger partial charge on any atom is -0.308 e. The van der Waals surface area contributed by atoms with Crippen molar-refractivity contribution in [1.29, 1.82) is 0 Å². The molecule has 0 aliphatic carbocycles. The van der Waals surface area contributed by atoms with E-state index in [-0.39, 0.29) is 5.91 Å². The summed E-state index contributed by atoms with van der Waals surface area (Å²) in [7, 11) is 4.04. The predicted octanol–water partition coefficient (Wildman–Crippen LogP) is 4.84. The number of benzene rings is 2. The summed E-state index contributed by atoms with van der Waals surface area (Å²) in [6, 6.07) is 12.2. The van der Waals surface area contributed by atoms with Crippen molar-refractivity contribution in [2.45, 2.75) is 18.7 Å². The van der Waals surface area contributed by atoms with E-state index >= 15 is 0 Å². The van der Waals surface area contributed by atoms with Crippen LogP contribution in [-0.2, 0) is 0 Å². The lowest BCUT2D eigenvalue weighted by Crippen LogP contribution is -2.37. The average Bonchev–Trinajstić information content (AvgIpc) is 3.05. The molecule has 6 heteroatoms. The number of amides is 1. The topological polar surface area (TPSA) is 36.4 Å². The summed E-state index contributed by atoms with van der Waals surface area (Å²) in [6.07, 6.45) is 2.05. The Hall–Kier alpha value is -1.89. The number of fused-ring (bicyclic) bond motifs is 1. The molecule has 1 heterocycles. The van der Waals surface area contributed by atoms with Gasteiger partial charge in [-0.15, -0.1) is 11.8 Å². The van der Waals surface area contributed by atoms with Gasteiger partial charge in [-0.3, -0.25) is 9.69 Å². The normalized spacial score (nSPS) is 11.3. The van der Waals surface area contributed by atoms with Crippen LogP contribution in [0.15, 0.2) is 41.3 Å². The fourth-order valence-corrected chi connectivity index (χ4v) is 4.62. The Kier molecular flexibility index (Phi) is 6.19. The molecule has 4 nitrogen and oxygen atoms in total. The number of thioether (sulfide) groups is 1. The van der Waals surface area contributed by atoms with E-state index in [0.29, 0.717) is 6.54 Å². The molecule has 0 radical (unpaired) electrons. The zero-order valence-corrected chi connectivity index (χ0v) is 18.1. The monoisotopic (exact) mass is 399 g/mol. The molecule has 0 bridgehead atoms. The van der Waals surface area contributed by atoms with Crippen LogP contribution in [0.2, 0.25) is 0 Å². The number of thiazole rings is 1. The summed E-state index contributed by atoms with van der Waals surface area (Å²) in [6.45, 7) is 5.42. The van der Waals surface area contributed by atoms with Crippen LogP contribution in [0.4, 0.5) is 5.13 Å². The van der Waals surface area contributed by atoms with Crippen LogP contribution in [0.5, 0.6) is 0 Å². The van der Waals surface area contributed by atoms with E-state index in [4.69, 9.17) is 4.98 Å². The van der Waals surface area contributed by atoms with Gasteiger partial charge in [-0.25, -0.2) is 4.98 Å². The first-order chi connectivity index (χ1) is 12.9. The minimum absolute atomic E-state index is 0.0131. The number of likely N-dealkylation sites (N-methyl/N-ethyl adjacent to an activating group) is 1. The van der Waals surface area contributed by atoms with E-state index in [0.717, 1.165) is 43.5 Å². The molecular weight excluding hydrogens is 374 g/mol. The van der Waals surface area contributed by atoms with Crippen molar-refractivity contribution < 1.29 is 4.79 Å². The molecule has 0 aliphatic heterocycles. The number of nitrogens with zero attached hydrogens (tertiary/aromatic N) is 3. The fraction of sp³-hybridized carbons (Fsp3) is 0.333. The number of para-hydroxylation sites is 1. The average molecular weight is 400 g/mol. The number of hydrogen-bond acceptors (Lipinski definition) is 5. The first-order valence-corrected chi connectivity index (χ1v) is 10.9. The van der Waals surface area contributed by atoms with Crippen molar-refractivity contribution in [1.82, 2.24) is 9.88 Å². The van der Waals surface area contributed by atoms with Crippen molar-refractivity contribution in [3.63, 3.8) is 0 Å². The van der Waals surface area contributed by atoms with Crippen LogP contribution in [0, 0.1) is 13.8 Å². The van der Waals surface area contributed by atoms with Gasteiger partial charge in [0.25, 0.3) is 5.91 Å². The zero-order valence-electron chi connectivity index (χ0n) is 16.4. The summed E-state index contributed by atoms with van der Waals surface area (Å²) in [4.78, 5) is 23.3. The number of anilines is 1.